The van der Waals surface area contributed by atoms with Gasteiger partial charge in [0.2, 0.25) is 6.79 Å². The van der Waals surface area contributed by atoms with E-state index in [0.29, 0.717) is 34.5 Å². The fraction of sp³-hybridized carbons (Fsp3) is 0.500. The first-order valence-electron chi connectivity index (χ1n) is 7.66. The van der Waals surface area contributed by atoms with E-state index in [2.05, 4.69) is 0 Å². The van der Waals surface area contributed by atoms with E-state index in [1.807, 2.05) is 0 Å². The molecule has 0 unspecified atom stereocenters. The van der Waals surface area contributed by atoms with Crippen LogP contribution in [-0.2, 0) is 4.79 Å². The van der Waals surface area contributed by atoms with Gasteiger partial charge in [-0.1, -0.05) is 11.6 Å². The average Bonchev–Trinajstić information content (AvgIpc) is 3.09. The van der Waals surface area contributed by atoms with Crippen LogP contribution < -0.4 is 9.47 Å². The molecule has 1 N–H and O–H groups in total. The maximum Gasteiger partial charge on any atom is 0.308 e. The highest BCUT2D eigenvalue weighted by Gasteiger charge is 2.47. The van der Waals surface area contributed by atoms with Gasteiger partial charge in [-0.25, -0.2) is 0 Å². The third kappa shape index (κ3) is 2.51. The Morgan fingerprint density at radius 1 is 1.22 bits per heavy atom. The van der Waals surface area contributed by atoms with Gasteiger partial charge < -0.3 is 19.5 Å². The number of rotatable bonds is 3. The first kappa shape index (κ1) is 14.6. The first-order chi connectivity index (χ1) is 11.0. The number of ether oxygens (including phenoxy) is 2. The molecule has 0 aromatic heterocycles. The van der Waals surface area contributed by atoms with Crippen LogP contribution in [0.25, 0.3) is 0 Å². The lowest BCUT2D eigenvalue weighted by Gasteiger charge is -2.17. The summed E-state index contributed by atoms with van der Waals surface area (Å²) in [5.74, 6) is -0.107. The molecule has 0 radical (unpaired) electrons. The number of carboxylic acid groups (broad SMARTS) is 1. The Labute approximate surface area is 137 Å². The molecular weight excluding hydrogens is 322 g/mol. The minimum Gasteiger partial charge on any atom is -0.481 e. The zero-order valence-electron chi connectivity index (χ0n) is 12.3. The van der Waals surface area contributed by atoms with Crippen LogP contribution in [-0.4, -0.2) is 41.8 Å². The number of aliphatic carboxylic acids is 1. The maximum absolute atomic E-state index is 12.7. The molecule has 2 heterocycles. The van der Waals surface area contributed by atoms with Gasteiger partial charge in [-0.2, -0.15) is 0 Å². The molecule has 2 fully saturated rings. The van der Waals surface area contributed by atoms with E-state index >= 15 is 0 Å². The minimum atomic E-state index is -0.819. The molecule has 2 atom stereocenters. The molecule has 4 rings (SSSR count). The van der Waals surface area contributed by atoms with Crippen molar-refractivity contribution in [1.29, 1.82) is 0 Å². The zero-order chi connectivity index (χ0) is 16.1. The van der Waals surface area contributed by atoms with Crippen LogP contribution in [0.2, 0.25) is 5.02 Å². The standard InChI is InChI=1S/C16H16ClNO5/c17-12-3-9(4-13-14(12)23-7-22-13)15(19)18-5-10(8-1-2-8)11(6-18)16(20)21/h3-4,8,10-11H,1-2,5-7H2,(H,20,21)/t10-,11+/m1/s1. The van der Waals surface area contributed by atoms with Gasteiger partial charge in [-0.15, -0.1) is 0 Å². The summed E-state index contributed by atoms with van der Waals surface area (Å²) in [4.78, 5) is 25.8. The minimum absolute atomic E-state index is 0.0564. The molecule has 0 spiro atoms. The topological polar surface area (TPSA) is 76.1 Å². The van der Waals surface area contributed by atoms with Crippen LogP contribution in [0.1, 0.15) is 23.2 Å². The molecule has 3 aliphatic rings. The maximum atomic E-state index is 12.7. The van der Waals surface area contributed by atoms with Crippen LogP contribution in [0.4, 0.5) is 0 Å². The molecule has 1 saturated heterocycles. The molecule has 0 bridgehead atoms. The Kier molecular flexibility index (Phi) is 3.37. The van der Waals surface area contributed by atoms with Crippen LogP contribution >= 0.6 is 11.6 Å². The number of halogens is 1. The lowest BCUT2D eigenvalue weighted by molar-refractivity contribution is -0.142. The van der Waals surface area contributed by atoms with Crippen molar-refractivity contribution in [3.8, 4) is 11.5 Å². The average molecular weight is 338 g/mol. The fourth-order valence-corrected chi connectivity index (χ4v) is 3.80. The monoisotopic (exact) mass is 337 g/mol. The normalized spacial score (nSPS) is 25.7. The van der Waals surface area contributed by atoms with Crippen LogP contribution in [0.15, 0.2) is 12.1 Å². The highest BCUT2D eigenvalue weighted by Crippen LogP contribution is 2.45. The number of fused-ring (bicyclic) bond motifs is 1. The van der Waals surface area contributed by atoms with Gasteiger partial charge >= 0.3 is 5.97 Å². The summed E-state index contributed by atoms with van der Waals surface area (Å²) in [5, 5.41) is 9.74. The Morgan fingerprint density at radius 3 is 2.70 bits per heavy atom. The molecule has 2 aliphatic heterocycles. The smallest absolute Gasteiger partial charge is 0.308 e. The number of likely N-dealkylation sites (tertiary alicyclic amines) is 1. The summed E-state index contributed by atoms with van der Waals surface area (Å²) >= 11 is 6.12. The quantitative estimate of drug-likeness (QED) is 0.915. The van der Waals surface area contributed by atoms with Crippen molar-refractivity contribution in [2.24, 2.45) is 17.8 Å². The SMILES string of the molecule is O=C(O)[C@H]1CN(C(=O)c2cc(Cl)c3c(c2)OCO3)C[C@@H]1C1CC1. The second kappa shape index (κ2) is 5.30. The van der Waals surface area contributed by atoms with E-state index in [0.717, 1.165) is 12.8 Å². The summed E-state index contributed by atoms with van der Waals surface area (Å²) in [7, 11) is 0. The van der Waals surface area contributed by atoms with E-state index in [9.17, 15) is 14.7 Å². The first-order valence-corrected chi connectivity index (χ1v) is 8.03. The van der Waals surface area contributed by atoms with Gasteiger partial charge in [0, 0.05) is 18.7 Å². The number of carbonyl (C=O) groups excluding carboxylic acids is 1. The van der Waals surface area contributed by atoms with Crippen molar-refractivity contribution in [3.63, 3.8) is 0 Å². The van der Waals surface area contributed by atoms with Gasteiger partial charge in [-0.05, 0) is 36.8 Å². The van der Waals surface area contributed by atoms with E-state index in [-0.39, 0.29) is 25.2 Å². The van der Waals surface area contributed by atoms with Gasteiger partial charge in [0.05, 0.1) is 10.9 Å². The molecule has 1 aromatic carbocycles. The third-order valence-electron chi connectivity index (χ3n) is 4.87. The second-order valence-corrected chi connectivity index (χ2v) is 6.76. The Hall–Kier alpha value is -1.95. The molecule has 1 aromatic rings. The largest absolute Gasteiger partial charge is 0.481 e. The Morgan fingerprint density at radius 2 is 2.00 bits per heavy atom. The van der Waals surface area contributed by atoms with Crippen molar-refractivity contribution in [1.82, 2.24) is 4.90 Å². The predicted molar refractivity (Wildman–Crippen MR) is 80.8 cm³/mol. The Balaban J connectivity index is 1.58. The molecule has 7 heteroatoms. The van der Waals surface area contributed by atoms with Gasteiger partial charge in [0.1, 0.15) is 0 Å². The molecule has 23 heavy (non-hydrogen) atoms. The van der Waals surface area contributed by atoms with Gasteiger partial charge in [0.25, 0.3) is 5.91 Å². The summed E-state index contributed by atoms with van der Waals surface area (Å²) in [6.45, 7) is 0.829. The predicted octanol–water partition coefficient (Wildman–Crippen LogP) is 2.25. The molecular formula is C16H16ClNO5. The van der Waals surface area contributed by atoms with E-state index in [1.54, 1.807) is 17.0 Å². The van der Waals surface area contributed by atoms with Crippen molar-refractivity contribution in [2.45, 2.75) is 12.8 Å². The van der Waals surface area contributed by atoms with Crippen molar-refractivity contribution in [2.75, 3.05) is 19.9 Å². The second-order valence-electron chi connectivity index (χ2n) is 6.35. The van der Waals surface area contributed by atoms with Crippen LogP contribution in [0.5, 0.6) is 11.5 Å². The number of hydrogen-bond donors (Lipinski definition) is 1. The summed E-state index contributed by atoms with van der Waals surface area (Å²) in [6.07, 6.45) is 2.12. The molecule has 122 valence electrons. The number of nitrogens with zero attached hydrogens (tertiary/aromatic N) is 1. The number of carbonyl (C=O) groups is 2. The highest BCUT2D eigenvalue weighted by molar-refractivity contribution is 6.32. The highest BCUT2D eigenvalue weighted by atomic mass is 35.5. The van der Waals surface area contributed by atoms with Crippen molar-refractivity contribution < 1.29 is 24.2 Å². The Bertz CT molecular complexity index is 687. The number of carboxylic acids is 1. The molecule has 6 nitrogen and oxygen atoms in total. The number of hydrogen-bond acceptors (Lipinski definition) is 4. The lowest BCUT2D eigenvalue weighted by atomic mass is 9.92. The lowest BCUT2D eigenvalue weighted by Crippen LogP contribution is -2.29. The fourth-order valence-electron chi connectivity index (χ4n) is 3.53. The number of benzene rings is 1. The zero-order valence-corrected chi connectivity index (χ0v) is 13.1. The molecule has 1 saturated carbocycles. The van der Waals surface area contributed by atoms with Gasteiger partial charge in [-0.3, -0.25) is 9.59 Å². The van der Waals surface area contributed by atoms with E-state index < -0.39 is 11.9 Å². The van der Waals surface area contributed by atoms with Gasteiger partial charge in [0.15, 0.2) is 11.5 Å². The third-order valence-corrected chi connectivity index (χ3v) is 5.15. The van der Waals surface area contributed by atoms with Crippen molar-refractivity contribution in [3.05, 3.63) is 22.7 Å². The van der Waals surface area contributed by atoms with Crippen LogP contribution in [0.3, 0.4) is 0 Å². The summed E-state index contributed by atoms with van der Waals surface area (Å²) in [6, 6.07) is 3.16. The van der Waals surface area contributed by atoms with E-state index in [1.165, 1.54) is 0 Å². The van der Waals surface area contributed by atoms with Crippen molar-refractivity contribution >= 4 is 23.5 Å². The molecule has 1 aliphatic carbocycles. The van der Waals surface area contributed by atoms with E-state index in [4.69, 9.17) is 21.1 Å². The van der Waals surface area contributed by atoms with Crippen LogP contribution in [0, 0.1) is 17.8 Å². The number of amides is 1. The summed E-state index contributed by atoms with van der Waals surface area (Å²) < 4.78 is 10.5. The molecule has 1 amide bonds. The summed E-state index contributed by atoms with van der Waals surface area (Å²) in [5.41, 5.74) is 0.403.